The molecule has 0 atom stereocenters. The van der Waals surface area contributed by atoms with Crippen LogP contribution in [-0.4, -0.2) is 36.3 Å². The molecule has 1 aromatic heterocycles. The Kier molecular flexibility index (Phi) is 6.32. The van der Waals surface area contributed by atoms with Gasteiger partial charge in [-0.25, -0.2) is 4.39 Å². The van der Waals surface area contributed by atoms with Crippen LogP contribution in [0.15, 0.2) is 54.6 Å². The molecule has 0 radical (unpaired) electrons. The summed E-state index contributed by atoms with van der Waals surface area (Å²) in [6.07, 6.45) is 1.44. The van der Waals surface area contributed by atoms with Crippen LogP contribution in [0, 0.1) is 11.7 Å². The first-order valence-corrected chi connectivity index (χ1v) is 10.4. The number of anilines is 2. The van der Waals surface area contributed by atoms with E-state index in [2.05, 4.69) is 20.4 Å². The van der Waals surface area contributed by atoms with Crippen molar-refractivity contribution in [2.45, 2.75) is 12.8 Å². The molecule has 3 aromatic rings. The highest BCUT2D eigenvalue weighted by atomic mass is 35.5. The lowest BCUT2D eigenvalue weighted by Crippen LogP contribution is -2.38. The Morgan fingerprint density at radius 1 is 1.10 bits per heavy atom. The van der Waals surface area contributed by atoms with E-state index in [1.54, 1.807) is 37.4 Å². The van der Waals surface area contributed by atoms with Gasteiger partial charge >= 0.3 is 0 Å². The van der Waals surface area contributed by atoms with Crippen molar-refractivity contribution in [1.82, 2.24) is 10.2 Å². The van der Waals surface area contributed by atoms with Crippen molar-refractivity contribution in [2.24, 2.45) is 5.92 Å². The highest BCUT2D eigenvalue weighted by Gasteiger charge is 2.26. The van der Waals surface area contributed by atoms with Crippen molar-refractivity contribution in [1.29, 1.82) is 0 Å². The van der Waals surface area contributed by atoms with Crippen LogP contribution in [0.5, 0.6) is 5.75 Å². The molecule has 1 aliphatic rings. The van der Waals surface area contributed by atoms with Crippen LogP contribution < -0.4 is 15.0 Å². The molecule has 6 nitrogen and oxygen atoms in total. The molecule has 160 valence electrons. The Morgan fingerprint density at radius 2 is 1.84 bits per heavy atom. The van der Waals surface area contributed by atoms with Crippen molar-refractivity contribution in [3.8, 4) is 17.0 Å². The van der Waals surface area contributed by atoms with Crippen LogP contribution in [0.3, 0.4) is 0 Å². The maximum atomic E-state index is 13.1. The fraction of sp³-hybridized carbons (Fsp3) is 0.261. The summed E-state index contributed by atoms with van der Waals surface area (Å²) in [6.45, 7) is 1.43. The number of ether oxygens (including phenoxy) is 1. The Morgan fingerprint density at radius 3 is 2.45 bits per heavy atom. The summed E-state index contributed by atoms with van der Waals surface area (Å²) in [5.74, 6) is 0.962. The van der Waals surface area contributed by atoms with Gasteiger partial charge in [0.25, 0.3) is 0 Å². The third kappa shape index (κ3) is 4.94. The van der Waals surface area contributed by atoms with E-state index in [1.807, 2.05) is 12.1 Å². The molecule has 0 saturated carbocycles. The number of carbonyl (C=O) groups is 1. The second kappa shape index (κ2) is 9.31. The molecule has 0 bridgehead atoms. The van der Waals surface area contributed by atoms with Gasteiger partial charge in [0.2, 0.25) is 5.91 Å². The lowest BCUT2D eigenvalue weighted by Gasteiger charge is -2.31. The highest BCUT2D eigenvalue weighted by molar-refractivity contribution is 6.32. The number of nitrogens with one attached hydrogen (secondary N) is 1. The molecule has 0 aliphatic carbocycles. The smallest absolute Gasteiger partial charge is 0.227 e. The van der Waals surface area contributed by atoms with E-state index in [0.29, 0.717) is 35.2 Å². The molecule has 1 saturated heterocycles. The fourth-order valence-corrected chi connectivity index (χ4v) is 3.89. The largest absolute Gasteiger partial charge is 0.495 e. The summed E-state index contributed by atoms with van der Waals surface area (Å²) in [6, 6.07) is 15.1. The lowest BCUT2D eigenvalue weighted by atomic mass is 9.95. The van der Waals surface area contributed by atoms with E-state index in [1.165, 1.54) is 12.1 Å². The van der Waals surface area contributed by atoms with Gasteiger partial charge in [0, 0.05) is 30.3 Å². The summed E-state index contributed by atoms with van der Waals surface area (Å²) in [5, 5.41) is 12.0. The predicted molar refractivity (Wildman–Crippen MR) is 119 cm³/mol. The number of nitrogens with zero attached hydrogens (tertiary/aromatic N) is 3. The van der Waals surface area contributed by atoms with Gasteiger partial charge in [-0.1, -0.05) is 11.6 Å². The number of aromatic nitrogens is 2. The number of benzene rings is 2. The van der Waals surface area contributed by atoms with Gasteiger partial charge in [0.1, 0.15) is 11.6 Å². The molecule has 1 N–H and O–H groups in total. The van der Waals surface area contributed by atoms with E-state index in [0.717, 1.165) is 24.2 Å². The quantitative estimate of drug-likeness (QED) is 0.617. The van der Waals surface area contributed by atoms with Gasteiger partial charge in [-0.05, 0) is 67.4 Å². The van der Waals surface area contributed by atoms with Gasteiger partial charge in [0.15, 0.2) is 5.82 Å². The first-order chi connectivity index (χ1) is 15.0. The number of rotatable bonds is 5. The summed E-state index contributed by atoms with van der Waals surface area (Å²) in [5.41, 5.74) is 2.16. The third-order valence-electron chi connectivity index (χ3n) is 5.40. The van der Waals surface area contributed by atoms with E-state index in [-0.39, 0.29) is 17.6 Å². The Hall–Kier alpha value is -3.19. The van der Waals surface area contributed by atoms with Crippen molar-refractivity contribution in [2.75, 3.05) is 30.4 Å². The Bertz CT molecular complexity index is 1050. The average Bonchev–Trinajstić information content (AvgIpc) is 2.80. The predicted octanol–water partition coefficient (Wildman–Crippen LogP) is 4.80. The number of hydrogen-bond donors (Lipinski definition) is 1. The molecule has 1 aliphatic heterocycles. The summed E-state index contributed by atoms with van der Waals surface area (Å²) in [4.78, 5) is 14.8. The third-order valence-corrected chi connectivity index (χ3v) is 5.69. The Balaban J connectivity index is 1.33. The molecule has 8 heteroatoms. The lowest BCUT2D eigenvalue weighted by molar-refractivity contribution is -0.120. The molecule has 0 spiro atoms. The molecule has 2 aromatic carbocycles. The van der Waals surface area contributed by atoms with Crippen molar-refractivity contribution >= 4 is 29.0 Å². The molecule has 31 heavy (non-hydrogen) atoms. The molecular formula is C23H22ClFN4O2. The van der Waals surface area contributed by atoms with Gasteiger partial charge in [-0.15, -0.1) is 10.2 Å². The van der Waals surface area contributed by atoms with Crippen LogP contribution in [0.25, 0.3) is 11.3 Å². The number of hydrogen-bond acceptors (Lipinski definition) is 5. The standard InChI is InChI=1S/C23H22ClFN4O2/c1-31-21-8-6-18(14-19(21)24)26-23(30)16-10-12-29(13-11-16)22-9-7-20(27-28-22)15-2-4-17(25)5-3-15/h2-9,14,16H,10-13H2,1H3,(H,26,30). The number of amides is 1. The summed E-state index contributed by atoms with van der Waals surface area (Å²) in [7, 11) is 1.55. The topological polar surface area (TPSA) is 67.3 Å². The van der Waals surface area contributed by atoms with Crippen molar-refractivity contribution in [3.63, 3.8) is 0 Å². The molecule has 1 fully saturated rings. The monoisotopic (exact) mass is 440 g/mol. The second-order valence-electron chi connectivity index (χ2n) is 7.38. The maximum Gasteiger partial charge on any atom is 0.227 e. The zero-order chi connectivity index (χ0) is 21.8. The van der Waals surface area contributed by atoms with Crippen LogP contribution in [0.4, 0.5) is 15.9 Å². The molecule has 0 unspecified atom stereocenters. The fourth-order valence-electron chi connectivity index (χ4n) is 3.63. The van der Waals surface area contributed by atoms with E-state index in [4.69, 9.17) is 16.3 Å². The first kappa shape index (κ1) is 21.1. The maximum absolute atomic E-state index is 13.1. The zero-order valence-corrected chi connectivity index (χ0v) is 17.8. The van der Waals surface area contributed by atoms with E-state index in [9.17, 15) is 9.18 Å². The van der Waals surface area contributed by atoms with Gasteiger partial charge in [0.05, 0.1) is 17.8 Å². The number of methoxy groups -OCH3 is 1. The van der Waals surface area contributed by atoms with Gasteiger partial charge in [-0.3, -0.25) is 4.79 Å². The highest BCUT2D eigenvalue weighted by Crippen LogP contribution is 2.29. The summed E-state index contributed by atoms with van der Waals surface area (Å²) < 4.78 is 18.2. The van der Waals surface area contributed by atoms with Crippen LogP contribution in [-0.2, 0) is 4.79 Å². The van der Waals surface area contributed by atoms with Gasteiger partial charge < -0.3 is 15.0 Å². The first-order valence-electron chi connectivity index (χ1n) is 10.0. The normalized spacial score (nSPS) is 14.4. The number of carbonyl (C=O) groups excluding carboxylic acids is 1. The minimum atomic E-state index is -0.282. The zero-order valence-electron chi connectivity index (χ0n) is 17.0. The summed E-state index contributed by atoms with van der Waals surface area (Å²) >= 11 is 6.13. The molecular weight excluding hydrogens is 419 g/mol. The SMILES string of the molecule is COc1ccc(NC(=O)C2CCN(c3ccc(-c4ccc(F)cc4)nn3)CC2)cc1Cl. The van der Waals surface area contributed by atoms with Crippen LogP contribution in [0.2, 0.25) is 5.02 Å². The van der Waals surface area contributed by atoms with Crippen LogP contribution >= 0.6 is 11.6 Å². The average molecular weight is 441 g/mol. The van der Waals surface area contributed by atoms with Crippen LogP contribution in [0.1, 0.15) is 12.8 Å². The van der Waals surface area contributed by atoms with Crippen molar-refractivity contribution < 1.29 is 13.9 Å². The Labute approximate surface area is 185 Å². The molecule has 4 rings (SSSR count). The minimum Gasteiger partial charge on any atom is -0.495 e. The second-order valence-corrected chi connectivity index (χ2v) is 7.79. The minimum absolute atomic E-state index is 0.0152. The molecule has 1 amide bonds. The van der Waals surface area contributed by atoms with Crippen molar-refractivity contribution in [3.05, 3.63) is 65.4 Å². The number of piperidine rings is 1. The van der Waals surface area contributed by atoms with E-state index >= 15 is 0 Å². The van der Waals surface area contributed by atoms with Gasteiger partial charge in [-0.2, -0.15) is 0 Å². The van der Waals surface area contributed by atoms with E-state index < -0.39 is 0 Å². The molecule has 2 heterocycles. The number of halogens is 2.